The first-order valence-electron chi connectivity index (χ1n) is 8.56. The average molecular weight is 342 g/mol. The van der Waals surface area contributed by atoms with Gasteiger partial charge in [-0.1, -0.05) is 6.92 Å². The van der Waals surface area contributed by atoms with Gasteiger partial charge in [-0.15, -0.1) is 0 Å². The Kier molecular flexibility index (Phi) is 5.06. The summed E-state index contributed by atoms with van der Waals surface area (Å²) in [6.45, 7) is 4.82. The normalized spacial score (nSPS) is 17.4. The molecule has 0 aromatic carbocycles. The van der Waals surface area contributed by atoms with E-state index in [1.807, 2.05) is 19.1 Å². The molecule has 1 unspecified atom stereocenters. The van der Waals surface area contributed by atoms with Crippen LogP contribution in [0.2, 0.25) is 0 Å². The van der Waals surface area contributed by atoms with E-state index in [1.54, 1.807) is 6.20 Å². The average Bonchev–Trinajstić information content (AvgIpc) is 2.61. The zero-order valence-corrected chi connectivity index (χ0v) is 14.5. The second-order valence-corrected chi connectivity index (χ2v) is 6.25. The van der Waals surface area contributed by atoms with E-state index < -0.39 is 4.92 Å². The van der Waals surface area contributed by atoms with Gasteiger partial charge in [-0.2, -0.15) is 0 Å². The van der Waals surface area contributed by atoms with Gasteiger partial charge in [0, 0.05) is 18.8 Å². The van der Waals surface area contributed by atoms with Gasteiger partial charge >= 0.3 is 5.69 Å². The number of aryl methyl sites for hydroxylation is 1. The van der Waals surface area contributed by atoms with Crippen LogP contribution in [0.25, 0.3) is 0 Å². The molecule has 8 nitrogen and oxygen atoms in total. The first kappa shape index (κ1) is 17.1. The van der Waals surface area contributed by atoms with E-state index in [4.69, 9.17) is 0 Å². The van der Waals surface area contributed by atoms with Crippen molar-refractivity contribution in [2.24, 2.45) is 0 Å². The predicted octanol–water partition coefficient (Wildman–Crippen LogP) is 3.60. The van der Waals surface area contributed by atoms with Crippen LogP contribution in [-0.2, 0) is 0 Å². The lowest BCUT2D eigenvalue weighted by Gasteiger charge is -2.35. The Labute approximate surface area is 146 Å². The minimum absolute atomic E-state index is 0.0915. The van der Waals surface area contributed by atoms with E-state index in [2.05, 4.69) is 32.1 Å². The molecule has 0 spiro atoms. The maximum atomic E-state index is 11.8. The van der Waals surface area contributed by atoms with Gasteiger partial charge in [0.15, 0.2) is 0 Å². The third-order valence-electron chi connectivity index (χ3n) is 4.52. The van der Waals surface area contributed by atoms with Crippen molar-refractivity contribution < 1.29 is 4.92 Å². The second-order valence-electron chi connectivity index (χ2n) is 6.25. The molecule has 2 aromatic rings. The number of nitro groups is 1. The number of rotatable bonds is 5. The van der Waals surface area contributed by atoms with Crippen molar-refractivity contribution in [3.05, 3.63) is 40.3 Å². The molecule has 132 valence electrons. The zero-order valence-electron chi connectivity index (χ0n) is 14.5. The van der Waals surface area contributed by atoms with E-state index in [1.165, 1.54) is 6.33 Å². The van der Waals surface area contributed by atoms with Crippen LogP contribution in [0.5, 0.6) is 0 Å². The number of nitrogens with zero attached hydrogens (tertiary/aromatic N) is 5. The number of nitrogens with one attached hydrogen (secondary N) is 1. The summed E-state index contributed by atoms with van der Waals surface area (Å²) in [6, 6.07) is 3.96. The van der Waals surface area contributed by atoms with Gasteiger partial charge in [-0.05, 0) is 50.3 Å². The Balaban J connectivity index is 2.01. The molecule has 0 amide bonds. The molecule has 0 radical (unpaired) electrons. The van der Waals surface area contributed by atoms with Gasteiger partial charge in [-0.25, -0.2) is 15.0 Å². The van der Waals surface area contributed by atoms with Crippen LogP contribution in [-0.4, -0.2) is 32.5 Å². The third-order valence-corrected chi connectivity index (χ3v) is 4.52. The first-order valence-corrected chi connectivity index (χ1v) is 8.56. The van der Waals surface area contributed by atoms with Crippen LogP contribution in [0.1, 0.15) is 38.2 Å². The van der Waals surface area contributed by atoms with Crippen molar-refractivity contribution in [1.82, 2.24) is 15.0 Å². The van der Waals surface area contributed by atoms with Crippen molar-refractivity contribution in [3.63, 3.8) is 0 Å². The lowest BCUT2D eigenvalue weighted by Crippen LogP contribution is -2.40. The highest BCUT2D eigenvalue weighted by Crippen LogP contribution is 2.36. The van der Waals surface area contributed by atoms with Crippen molar-refractivity contribution in [1.29, 1.82) is 0 Å². The van der Waals surface area contributed by atoms with Crippen molar-refractivity contribution >= 4 is 23.1 Å². The maximum absolute atomic E-state index is 11.8. The monoisotopic (exact) mass is 342 g/mol. The maximum Gasteiger partial charge on any atom is 0.353 e. The molecule has 1 N–H and O–H groups in total. The van der Waals surface area contributed by atoms with Gasteiger partial charge in [0.25, 0.3) is 0 Å². The summed E-state index contributed by atoms with van der Waals surface area (Å²) in [5, 5.41) is 14.8. The van der Waals surface area contributed by atoms with Crippen LogP contribution >= 0.6 is 0 Å². The summed E-state index contributed by atoms with van der Waals surface area (Å²) in [5.41, 5.74) is 0.919. The molecule has 8 heteroatoms. The van der Waals surface area contributed by atoms with Crippen LogP contribution in [0.4, 0.5) is 23.1 Å². The number of hydrogen-bond acceptors (Lipinski definition) is 7. The first-order chi connectivity index (χ1) is 12.1. The van der Waals surface area contributed by atoms with Gasteiger partial charge in [0.1, 0.15) is 12.1 Å². The van der Waals surface area contributed by atoms with Gasteiger partial charge < -0.3 is 10.2 Å². The van der Waals surface area contributed by atoms with E-state index >= 15 is 0 Å². The van der Waals surface area contributed by atoms with Crippen LogP contribution < -0.4 is 10.2 Å². The SMILES string of the molecule is CCC1CCCCN1c1ncnc(Nc2cc(C)ccn2)c1[N+](=O)[O-]. The Bertz CT molecular complexity index is 767. The van der Waals surface area contributed by atoms with Gasteiger partial charge in [0.2, 0.25) is 11.6 Å². The van der Waals surface area contributed by atoms with Gasteiger partial charge in [0.05, 0.1) is 4.92 Å². The Morgan fingerprint density at radius 2 is 2.20 bits per heavy atom. The minimum atomic E-state index is -0.408. The molecule has 0 aliphatic carbocycles. The molecular weight excluding hydrogens is 320 g/mol. The van der Waals surface area contributed by atoms with Crippen molar-refractivity contribution in [2.45, 2.75) is 45.6 Å². The fourth-order valence-electron chi connectivity index (χ4n) is 3.27. The minimum Gasteiger partial charge on any atom is -0.348 e. The van der Waals surface area contributed by atoms with Crippen LogP contribution in [0.3, 0.4) is 0 Å². The molecule has 1 aliphatic rings. The fourth-order valence-corrected chi connectivity index (χ4v) is 3.27. The summed E-state index contributed by atoms with van der Waals surface area (Å²) in [4.78, 5) is 26.0. The molecule has 0 saturated carbocycles. The van der Waals surface area contributed by atoms with Gasteiger partial charge in [-0.3, -0.25) is 10.1 Å². The number of anilines is 3. The standard InChI is InChI=1S/C17H22N6O2/c1-3-13-6-4-5-9-22(13)17-15(23(24)25)16(19-11-20-17)21-14-10-12(2)7-8-18-14/h7-8,10-11,13H,3-6,9H2,1-2H3,(H,18,19,20,21). The molecular formula is C17H22N6O2. The largest absolute Gasteiger partial charge is 0.353 e. The molecule has 1 fully saturated rings. The lowest BCUT2D eigenvalue weighted by molar-refractivity contribution is -0.383. The number of aromatic nitrogens is 3. The molecule has 1 saturated heterocycles. The molecule has 2 aromatic heterocycles. The summed E-state index contributed by atoms with van der Waals surface area (Å²) >= 11 is 0. The summed E-state index contributed by atoms with van der Waals surface area (Å²) in [6.07, 6.45) is 7.15. The Hall–Kier alpha value is -2.77. The zero-order chi connectivity index (χ0) is 17.8. The van der Waals surface area contributed by atoms with E-state index in [-0.39, 0.29) is 17.5 Å². The van der Waals surface area contributed by atoms with Crippen LogP contribution in [0.15, 0.2) is 24.7 Å². The van der Waals surface area contributed by atoms with Crippen molar-refractivity contribution in [3.8, 4) is 0 Å². The highest BCUT2D eigenvalue weighted by Gasteiger charge is 2.31. The highest BCUT2D eigenvalue weighted by molar-refractivity contribution is 5.73. The number of pyridine rings is 1. The number of piperidine rings is 1. The fraction of sp³-hybridized carbons (Fsp3) is 0.471. The third kappa shape index (κ3) is 3.67. The molecule has 1 aliphatic heterocycles. The van der Waals surface area contributed by atoms with E-state index in [0.717, 1.165) is 37.8 Å². The summed E-state index contributed by atoms with van der Waals surface area (Å²) in [5.74, 6) is 1.09. The molecule has 0 bridgehead atoms. The Morgan fingerprint density at radius 1 is 1.36 bits per heavy atom. The molecule has 25 heavy (non-hydrogen) atoms. The highest BCUT2D eigenvalue weighted by atomic mass is 16.6. The molecule has 1 atom stereocenters. The molecule has 3 rings (SSSR count). The lowest BCUT2D eigenvalue weighted by atomic mass is 10.00. The quantitative estimate of drug-likeness (QED) is 0.655. The second kappa shape index (κ2) is 7.42. The number of hydrogen-bond donors (Lipinski definition) is 1. The Morgan fingerprint density at radius 3 is 2.92 bits per heavy atom. The van der Waals surface area contributed by atoms with Crippen molar-refractivity contribution in [2.75, 3.05) is 16.8 Å². The topological polar surface area (TPSA) is 97.1 Å². The smallest absolute Gasteiger partial charge is 0.348 e. The summed E-state index contributed by atoms with van der Waals surface area (Å²) in [7, 11) is 0. The van der Waals surface area contributed by atoms with E-state index in [9.17, 15) is 10.1 Å². The summed E-state index contributed by atoms with van der Waals surface area (Å²) < 4.78 is 0. The molecule has 3 heterocycles. The predicted molar refractivity (Wildman–Crippen MR) is 96.2 cm³/mol. The van der Waals surface area contributed by atoms with E-state index in [0.29, 0.717) is 11.6 Å². The van der Waals surface area contributed by atoms with Crippen LogP contribution in [0, 0.1) is 17.0 Å².